The Labute approximate surface area is 119 Å². The molecular weight excluding hydrogens is 258 g/mol. The Bertz CT molecular complexity index is 483. The molecule has 20 heavy (non-hydrogen) atoms. The van der Waals surface area contributed by atoms with Gasteiger partial charge in [0.2, 0.25) is 0 Å². The second-order valence-corrected chi connectivity index (χ2v) is 5.30. The van der Waals surface area contributed by atoms with Crippen molar-refractivity contribution in [2.24, 2.45) is 0 Å². The van der Waals surface area contributed by atoms with E-state index in [1.165, 1.54) is 13.2 Å². The highest BCUT2D eigenvalue weighted by molar-refractivity contribution is 5.59. The van der Waals surface area contributed by atoms with Gasteiger partial charge in [-0.25, -0.2) is 0 Å². The van der Waals surface area contributed by atoms with Gasteiger partial charge in [-0.3, -0.25) is 10.1 Å². The van der Waals surface area contributed by atoms with E-state index in [-0.39, 0.29) is 5.69 Å². The number of nitrogens with zero attached hydrogens (tertiary/aromatic N) is 3. The minimum atomic E-state index is -0.416. The molecule has 110 valence electrons. The number of methoxy groups -OCH3 is 1. The largest absolute Gasteiger partial charge is 0.490 e. The van der Waals surface area contributed by atoms with Gasteiger partial charge in [0.15, 0.2) is 5.75 Å². The molecule has 1 aromatic rings. The standard InChI is InChI=1S/C14H21N3O3/c1-15(2)11-6-8-16(9-7-11)12-4-5-13(17(18)19)14(10-12)20-3/h4-5,10-11H,6-9H2,1-3H3. The molecule has 6 nitrogen and oxygen atoms in total. The third kappa shape index (κ3) is 3.01. The van der Waals surface area contributed by atoms with E-state index in [0.717, 1.165) is 31.6 Å². The Hall–Kier alpha value is -1.82. The van der Waals surface area contributed by atoms with Crippen LogP contribution in [0.15, 0.2) is 18.2 Å². The highest BCUT2D eigenvalue weighted by Crippen LogP contribution is 2.32. The maximum absolute atomic E-state index is 10.9. The van der Waals surface area contributed by atoms with Crippen LogP contribution < -0.4 is 9.64 Å². The number of anilines is 1. The second kappa shape index (κ2) is 6.09. The number of nitro benzene ring substituents is 1. The predicted octanol–water partition coefficient (Wildman–Crippen LogP) is 2.13. The molecule has 1 aliphatic rings. The highest BCUT2D eigenvalue weighted by Gasteiger charge is 2.22. The summed E-state index contributed by atoms with van der Waals surface area (Å²) < 4.78 is 5.12. The lowest BCUT2D eigenvalue weighted by Crippen LogP contribution is -2.41. The van der Waals surface area contributed by atoms with Gasteiger partial charge >= 0.3 is 5.69 Å². The third-order valence-electron chi connectivity index (χ3n) is 3.92. The van der Waals surface area contributed by atoms with Gasteiger partial charge in [0.05, 0.1) is 12.0 Å². The van der Waals surface area contributed by atoms with Gasteiger partial charge in [-0.15, -0.1) is 0 Å². The van der Waals surface area contributed by atoms with Crippen LogP contribution in [0.2, 0.25) is 0 Å². The Balaban J connectivity index is 2.12. The molecule has 0 radical (unpaired) electrons. The van der Waals surface area contributed by atoms with Crippen LogP contribution in [-0.4, -0.2) is 50.2 Å². The monoisotopic (exact) mass is 279 g/mol. The average molecular weight is 279 g/mol. The molecule has 0 bridgehead atoms. The Kier molecular flexibility index (Phi) is 4.44. The minimum Gasteiger partial charge on any atom is -0.490 e. The van der Waals surface area contributed by atoms with Crippen molar-refractivity contribution in [2.45, 2.75) is 18.9 Å². The van der Waals surface area contributed by atoms with Crippen molar-refractivity contribution in [1.29, 1.82) is 0 Å². The molecule has 0 aromatic heterocycles. The predicted molar refractivity (Wildman–Crippen MR) is 78.6 cm³/mol. The molecule has 1 heterocycles. The lowest BCUT2D eigenvalue weighted by Gasteiger charge is -2.36. The van der Waals surface area contributed by atoms with Crippen LogP contribution in [0.5, 0.6) is 5.75 Å². The number of piperidine rings is 1. The molecule has 1 saturated heterocycles. The summed E-state index contributed by atoms with van der Waals surface area (Å²) >= 11 is 0. The maximum atomic E-state index is 10.9. The van der Waals surface area contributed by atoms with Crippen LogP contribution >= 0.6 is 0 Å². The Morgan fingerprint density at radius 3 is 2.50 bits per heavy atom. The van der Waals surface area contributed by atoms with Gasteiger partial charge < -0.3 is 14.5 Å². The fourth-order valence-electron chi connectivity index (χ4n) is 2.65. The van der Waals surface area contributed by atoms with Gasteiger partial charge in [0, 0.05) is 37.0 Å². The molecule has 1 aliphatic heterocycles. The number of benzene rings is 1. The summed E-state index contributed by atoms with van der Waals surface area (Å²) in [5.74, 6) is 0.322. The van der Waals surface area contributed by atoms with E-state index >= 15 is 0 Å². The van der Waals surface area contributed by atoms with E-state index in [4.69, 9.17) is 4.74 Å². The van der Waals surface area contributed by atoms with Crippen LogP contribution in [-0.2, 0) is 0 Å². The van der Waals surface area contributed by atoms with E-state index in [9.17, 15) is 10.1 Å². The molecular formula is C14H21N3O3. The zero-order valence-electron chi connectivity index (χ0n) is 12.2. The molecule has 6 heteroatoms. The number of hydrogen-bond donors (Lipinski definition) is 0. The summed E-state index contributed by atoms with van der Waals surface area (Å²) in [7, 11) is 5.68. The Morgan fingerprint density at radius 2 is 2.00 bits per heavy atom. The normalized spacial score (nSPS) is 16.5. The molecule has 0 atom stereocenters. The molecule has 0 spiro atoms. The van der Waals surface area contributed by atoms with Crippen LogP contribution in [0, 0.1) is 10.1 Å². The summed E-state index contributed by atoms with van der Waals surface area (Å²) in [6.07, 6.45) is 2.21. The second-order valence-electron chi connectivity index (χ2n) is 5.30. The summed E-state index contributed by atoms with van der Waals surface area (Å²) in [5, 5.41) is 10.9. The Morgan fingerprint density at radius 1 is 1.35 bits per heavy atom. The number of hydrogen-bond acceptors (Lipinski definition) is 5. The molecule has 0 amide bonds. The molecule has 0 aliphatic carbocycles. The maximum Gasteiger partial charge on any atom is 0.311 e. The summed E-state index contributed by atoms with van der Waals surface area (Å²) in [6.45, 7) is 1.92. The number of nitro groups is 1. The van der Waals surface area contributed by atoms with E-state index < -0.39 is 4.92 Å². The average Bonchev–Trinajstić information content (AvgIpc) is 2.46. The van der Waals surface area contributed by atoms with Gasteiger partial charge in [-0.2, -0.15) is 0 Å². The van der Waals surface area contributed by atoms with Crippen LogP contribution in [0.25, 0.3) is 0 Å². The van der Waals surface area contributed by atoms with E-state index in [0.29, 0.717) is 11.8 Å². The summed E-state index contributed by atoms with van der Waals surface area (Å²) in [5.41, 5.74) is 1.00. The first-order valence-electron chi connectivity index (χ1n) is 6.76. The fourth-order valence-corrected chi connectivity index (χ4v) is 2.65. The van der Waals surface area contributed by atoms with Gasteiger partial charge in [0.1, 0.15) is 0 Å². The minimum absolute atomic E-state index is 0.0134. The molecule has 0 unspecified atom stereocenters. The zero-order chi connectivity index (χ0) is 14.7. The van der Waals surface area contributed by atoms with Crippen molar-refractivity contribution < 1.29 is 9.66 Å². The van der Waals surface area contributed by atoms with Gasteiger partial charge in [0.25, 0.3) is 0 Å². The van der Waals surface area contributed by atoms with E-state index in [2.05, 4.69) is 23.9 Å². The van der Waals surface area contributed by atoms with Crippen LogP contribution in [0.1, 0.15) is 12.8 Å². The topological polar surface area (TPSA) is 58.8 Å². The highest BCUT2D eigenvalue weighted by atomic mass is 16.6. The van der Waals surface area contributed by atoms with Gasteiger partial charge in [-0.05, 0) is 33.0 Å². The third-order valence-corrected chi connectivity index (χ3v) is 3.92. The van der Waals surface area contributed by atoms with Crippen molar-refractivity contribution in [3.05, 3.63) is 28.3 Å². The molecule has 2 rings (SSSR count). The number of ether oxygens (including phenoxy) is 1. The first-order valence-corrected chi connectivity index (χ1v) is 6.76. The van der Waals surface area contributed by atoms with Crippen molar-refractivity contribution in [3.63, 3.8) is 0 Å². The summed E-state index contributed by atoms with van der Waals surface area (Å²) in [4.78, 5) is 15.0. The van der Waals surface area contributed by atoms with E-state index in [1.54, 1.807) is 12.1 Å². The number of rotatable bonds is 4. The molecule has 0 saturated carbocycles. The fraction of sp³-hybridized carbons (Fsp3) is 0.571. The molecule has 0 N–H and O–H groups in total. The van der Waals surface area contributed by atoms with Crippen LogP contribution in [0.3, 0.4) is 0 Å². The van der Waals surface area contributed by atoms with Crippen molar-refractivity contribution in [2.75, 3.05) is 39.2 Å². The van der Waals surface area contributed by atoms with Crippen LogP contribution in [0.4, 0.5) is 11.4 Å². The quantitative estimate of drug-likeness (QED) is 0.624. The lowest BCUT2D eigenvalue weighted by atomic mass is 10.0. The van der Waals surface area contributed by atoms with Gasteiger partial charge in [-0.1, -0.05) is 0 Å². The smallest absolute Gasteiger partial charge is 0.311 e. The summed E-state index contributed by atoms with van der Waals surface area (Å²) in [6, 6.07) is 5.70. The van der Waals surface area contributed by atoms with E-state index in [1.807, 2.05) is 0 Å². The van der Waals surface area contributed by atoms with Crippen molar-refractivity contribution in [1.82, 2.24) is 4.90 Å². The molecule has 1 aromatic carbocycles. The molecule has 1 fully saturated rings. The zero-order valence-corrected chi connectivity index (χ0v) is 12.2. The first-order chi connectivity index (χ1) is 9.52. The van der Waals surface area contributed by atoms with Crippen molar-refractivity contribution in [3.8, 4) is 5.75 Å². The lowest BCUT2D eigenvalue weighted by molar-refractivity contribution is -0.385. The van der Waals surface area contributed by atoms with Crippen molar-refractivity contribution >= 4 is 11.4 Å². The first kappa shape index (κ1) is 14.6. The SMILES string of the molecule is COc1cc(N2CCC(N(C)C)CC2)ccc1[N+](=O)[O-].